The summed E-state index contributed by atoms with van der Waals surface area (Å²) in [4.78, 5) is 0. The SMILES string of the molecule is C=C1CC=CC=C1C(=C)CC1=CCC=C1C1=Cc2cc(CC3CCCCC3)ccc2C1. The minimum atomic E-state index is 0.897. The van der Waals surface area contributed by atoms with E-state index in [1.54, 1.807) is 0 Å². The Morgan fingerprint density at radius 3 is 2.77 bits per heavy atom. The second-order valence-electron chi connectivity index (χ2n) is 9.77. The predicted molar refractivity (Wildman–Crippen MR) is 134 cm³/mol. The fourth-order valence-electron chi connectivity index (χ4n) is 5.77. The standard InChI is InChI=1S/C31H34/c1-22-9-6-7-13-30(22)23(2)17-27-12-8-14-31(27)29-20-26-16-15-25(19-28(26)21-29)18-24-10-4-3-5-11-24/h6-7,12-16,19,21,24H,1-5,8-11,17-18,20H2. The van der Waals surface area contributed by atoms with E-state index in [0.717, 1.165) is 31.6 Å². The summed E-state index contributed by atoms with van der Waals surface area (Å²) in [6.45, 7) is 8.65. The quantitative estimate of drug-likeness (QED) is 0.445. The highest BCUT2D eigenvalue weighted by Crippen LogP contribution is 2.39. The lowest BCUT2D eigenvalue weighted by molar-refractivity contribution is 0.356. The van der Waals surface area contributed by atoms with Gasteiger partial charge in [0.1, 0.15) is 0 Å². The van der Waals surface area contributed by atoms with E-state index >= 15 is 0 Å². The zero-order chi connectivity index (χ0) is 21.2. The van der Waals surface area contributed by atoms with Crippen molar-refractivity contribution in [3.05, 3.63) is 112 Å². The van der Waals surface area contributed by atoms with E-state index in [4.69, 9.17) is 0 Å². The summed E-state index contributed by atoms with van der Waals surface area (Å²) < 4.78 is 0. The molecular formula is C31H34. The van der Waals surface area contributed by atoms with Crippen LogP contribution in [0.3, 0.4) is 0 Å². The van der Waals surface area contributed by atoms with E-state index in [1.807, 2.05) is 0 Å². The van der Waals surface area contributed by atoms with Gasteiger partial charge in [-0.3, -0.25) is 0 Å². The molecule has 0 amide bonds. The third kappa shape index (κ3) is 4.40. The van der Waals surface area contributed by atoms with Gasteiger partial charge >= 0.3 is 0 Å². The first-order valence-corrected chi connectivity index (χ1v) is 12.1. The summed E-state index contributed by atoms with van der Waals surface area (Å²) in [6, 6.07) is 7.25. The smallest absolute Gasteiger partial charge is 0.00137 e. The molecule has 0 spiro atoms. The van der Waals surface area contributed by atoms with Crippen LogP contribution in [0.4, 0.5) is 0 Å². The lowest BCUT2D eigenvalue weighted by atomic mass is 9.84. The molecule has 0 saturated heterocycles. The Morgan fingerprint density at radius 2 is 1.94 bits per heavy atom. The number of allylic oxidation sites excluding steroid dienone is 11. The zero-order valence-corrected chi connectivity index (χ0v) is 18.8. The Morgan fingerprint density at radius 1 is 1.06 bits per heavy atom. The third-order valence-electron chi connectivity index (χ3n) is 7.48. The summed E-state index contributed by atoms with van der Waals surface area (Å²) >= 11 is 0. The Balaban J connectivity index is 1.29. The Kier molecular flexibility index (Phi) is 5.81. The molecular weight excluding hydrogens is 372 g/mol. The molecule has 0 heterocycles. The summed E-state index contributed by atoms with van der Waals surface area (Å²) in [7, 11) is 0. The molecule has 1 aromatic carbocycles. The van der Waals surface area contributed by atoms with Gasteiger partial charge in [0.25, 0.3) is 0 Å². The summed E-state index contributed by atoms with van der Waals surface area (Å²) in [5.74, 6) is 0.897. The molecule has 0 aromatic heterocycles. The first-order chi connectivity index (χ1) is 15.2. The summed E-state index contributed by atoms with van der Waals surface area (Å²) in [6.07, 6.45) is 26.1. The van der Waals surface area contributed by atoms with Gasteiger partial charge in [0.2, 0.25) is 0 Å². The number of rotatable bonds is 6. The van der Waals surface area contributed by atoms with E-state index in [9.17, 15) is 0 Å². The molecule has 0 unspecified atom stereocenters. The second-order valence-corrected chi connectivity index (χ2v) is 9.77. The lowest BCUT2D eigenvalue weighted by Gasteiger charge is -2.21. The molecule has 1 saturated carbocycles. The van der Waals surface area contributed by atoms with E-state index in [2.05, 4.69) is 67.8 Å². The fraction of sp³-hybridized carbons (Fsp3) is 0.355. The van der Waals surface area contributed by atoms with Crippen molar-refractivity contribution < 1.29 is 0 Å². The Hall–Kier alpha value is -2.60. The van der Waals surface area contributed by atoms with E-state index in [-0.39, 0.29) is 0 Å². The van der Waals surface area contributed by atoms with Crippen molar-refractivity contribution >= 4 is 6.08 Å². The van der Waals surface area contributed by atoms with Crippen LogP contribution in [0, 0.1) is 5.92 Å². The Bertz CT molecular complexity index is 1060. The van der Waals surface area contributed by atoms with Gasteiger partial charge in [0.05, 0.1) is 0 Å². The third-order valence-corrected chi connectivity index (χ3v) is 7.48. The number of hydrogen-bond acceptors (Lipinski definition) is 0. The van der Waals surface area contributed by atoms with Crippen molar-refractivity contribution in [2.45, 2.75) is 64.2 Å². The molecule has 0 nitrogen and oxygen atoms in total. The highest BCUT2D eigenvalue weighted by Gasteiger charge is 2.22. The molecule has 0 bridgehead atoms. The Labute approximate surface area is 188 Å². The van der Waals surface area contributed by atoms with Crippen molar-refractivity contribution in [3.8, 4) is 0 Å². The molecule has 31 heavy (non-hydrogen) atoms. The molecule has 4 aliphatic carbocycles. The summed E-state index contributed by atoms with van der Waals surface area (Å²) in [5, 5.41) is 0. The number of benzene rings is 1. The molecule has 0 heteroatoms. The number of fused-ring (bicyclic) bond motifs is 1. The number of hydrogen-bond donors (Lipinski definition) is 0. The zero-order valence-electron chi connectivity index (χ0n) is 18.8. The van der Waals surface area contributed by atoms with Crippen molar-refractivity contribution in [3.63, 3.8) is 0 Å². The van der Waals surface area contributed by atoms with Gasteiger partial charge in [0.15, 0.2) is 0 Å². The van der Waals surface area contributed by atoms with Crippen LogP contribution in [-0.2, 0) is 12.8 Å². The average molecular weight is 407 g/mol. The molecule has 0 atom stereocenters. The van der Waals surface area contributed by atoms with E-state index in [0.29, 0.717) is 0 Å². The van der Waals surface area contributed by atoms with Gasteiger partial charge in [-0.2, -0.15) is 0 Å². The molecule has 4 aliphatic rings. The summed E-state index contributed by atoms with van der Waals surface area (Å²) in [5.41, 5.74) is 12.5. The van der Waals surface area contributed by atoms with Gasteiger partial charge in [-0.15, -0.1) is 0 Å². The minimum absolute atomic E-state index is 0.897. The van der Waals surface area contributed by atoms with Crippen LogP contribution >= 0.6 is 0 Å². The maximum Gasteiger partial charge on any atom is -0.00137 e. The predicted octanol–water partition coefficient (Wildman–Crippen LogP) is 8.39. The van der Waals surface area contributed by atoms with Crippen LogP contribution in [0.25, 0.3) is 6.08 Å². The molecule has 5 rings (SSSR count). The average Bonchev–Trinajstić information content (AvgIpc) is 3.41. The van der Waals surface area contributed by atoms with Gasteiger partial charge in [-0.05, 0) is 88.2 Å². The monoisotopic (exact) mass is 406 g/mol. The lowest BCUT2D eigenvalue weighted by Crippen LogP contribution is -2.09. The maximum absolute atomic E-state index is 4.41. The molecule has 1 fully saturated rings. The highest BCUT2D eigenvalue weighted by atomic mass is 14.3. The minimum Gasteiger partial charge on any atom is -0.0949 e. The van der Waals surface area contributed by atoms with Crippen molar-refractivity contribution in [1.29, 1.82) is 0 Å². The van der Waals surface area contributed by atoms with Gasteiger partial charge in [0, 0.05) is 0 Å². The van der Waals surface area contributed by atoms with Gasteiger partial charge in [-0.25, -0.2) is 0 Å². The topological polar surface area (TPSA) is 0 Å². The molecule has 1 aromatic rings. The van der Waals surface area contributed by atoms with Crippen LogP contribution in [0.15, 0.2) is 95.2 Å². The first kappa shape index (κ1) is 20.3. The molecule has 0 radical (unpaired) electrons. The molecule has 0 aliphatic heterocycles. The van der Waals surface area contributed by atoms with E-state index in [1.165, 1.54) is 88.7 Å². The van der Waals surface area contributed by atoms with Crippen LogP contribution < -0.4 is 0 Å². The van der Waals surface area contributed by atoms with Crippen molar-refractivity contribution in [1.82, 2.24) is 0 Å². The van der Waals surface area contributed by atoms with Gasteiger partial charge in [-0.1, -0.05) is 99.9 Å². The van der Waals surface area contributed by atoms with E-state index < -0.39 is 0 Å². The van der Waals surface area contributed by atoms with Gasteiger partial charge < -0.3 is 0 Å². The van der Waals surface area contributed by atoms with Crippen LogP contribution in [0.1, 0.15) is 68.1 Å². The molecule has 0 N–H and O–H groups in total. The largest absolute Gasteiger partial charge is 0.0949 e. The van der Waals surface area contributed by atoms with Crippen LogP contribution in [0.5, 0.6) is 0 Å². The molecule has 158 valence electrons. The van der Waals surface area contributed by atoms with Crippen molar-refractivity contribution in [2.24, 2.45) is 5.92 Å². The fourth-order valence-corrected chi connectivity index (χ4v) is 5.77. The van der Waals surface area contributed by atoms with Crippen LogP contribution in [0.2, 0.25) is 0 Å². The normalized spacial score (nSPS) is 20.8. The van der Waals surface area contributed by atoms with Crippen LogP contribution in [-0.4, -0.2) is 0 Å². The maximum atomic E-state index is 4.41. The highest BCUT2D eigenvalue weighted by molar-refractivity contribution is 5.72. The van der Waals surface area contributed by atoms with Crippen molar-refractivity contribution in [2.75, 3.05) is 0 Å². The first-order valence-electron chi connectivity index (χ1n) is 12.1. The second kappa shape index (κ2) is 8.87.